The molecular weight excluding hydrogens is 559 g/mol. The number of piperazine rings is 1. The lowest BCUT2D eigenvalue weighted by atomic mass is 9.89. The Labute approximate surface area is 242 Å². The topological polar surface area (TPSA) is 115 Å². The fraction of sp³-hybridized carbons (Fsp3) is 0.643. The first-order chi connectivity index (χ1) is 19.7. The van der Waals surface area contributed by atoms with E-state index in [-0.39, 0.29) is 29.4 Å². The number of rotatable bonds is 6. The zero-order valence-electron chi connectivity index (χ0n) is 24.5. The van der Waals surface area contributed by atoms with E-state index >= 15 is 0 Å². The van der Waals surface area contributed by atoms with E-state index < -0.39 is 23.7 Å². The van der Waals surface area contributed by atoms with Crippen molar-refractivity contribution in [2.75, 3.05) is 45.8 Å². The number of methoxy groups -OCH3 is 2. The van der Waals surface area contributed by atoms with E-state index in [2.05, 4.69) is 10.00 Å². The number of hydrogen-bond donors (Lipinski definition) is 1. The van der Waals surface area contributed by atoms with Gasteiger partial charge in [0.05, 0.1) is 42.6 Å². The average Bonchev–Trinajstić information content (AvgIpc) is 3.34. The van der Waals surface area contributed by atoms with Gasteiger partial charge in [0.1, 0.15) is 5.60 Å². The number of ether oxygens (including phenoxy) is 3. The molecule has 2 heterocycles. The number of alkyl halides is 3. The third-order valence-electron chi connectivity index (χ3n) is 7.62. The van der Waals surface area contributed by atoms with Crippen molar-refractivity contribution in [2.45, 2.75) is 76.4 Å². The number of nitrogens with zero attached hydrogens (tertiary/aromatic N) is 4. The molecule has 42 heavy (non-hydrogen) atoms. The largest absolute Gasteiger partial charge is 0.471 e. The van der Waals surface area contributed by atoms with Crippen molar-refractivity contribution in [3.05, 3.63) is 23.9 Å². The molecule has 2 aromatic rings. The molecule has 1 aromatic heterocycles. The SMILES string of the molecule is COC[C@H]1CN(C(=O)OC(C)(C)C)CCN1C1CCC(n2cc3cc(NC(=O)C(F)(F)F)c(C(=O)OC)cc3n2)CC1. The average molecular weight is 598 g/mol. The Kier molecular flexibility index (Phi) is 9.36. The smallest absolute Gasteiger partial charge is 0.465 e. The molecule has 0 radical (unpaired) electrons. The van der Waals surface area contributed by atoms with Gasteiger partial charge in [0, 0.05) is 44.4 Å². The summed E-state index contributed by atoms with van der Waals surface area (Å²) in [5, 5.41) is 6.87. The normalized spacial score (nSPS) is 22.2. The minimum absolute atomic E-state index is 0.0344. The summed E-state index contributed by atoms with van der Waals surface area (Å²) in [6, 6.07) is 3.01. The van der Waals surface area contributed by atoms with E-state index in [4.69, 9.17) is 14.2 Å². The van der Waals surface area contributed by atoms with Crippen molar-refractivity contribution in [3.63, 3.8) is 0 Å². The minimum Gasteiger partial charge on any atom is -0.465 e. The number of carbonyl (C=O) groups is 3. The van der Waals surface area contributed by atoms with E-state index in [0.717, 1.165) is 32.8 Å². The number of amides is 2. The maximum Gasteiger partial charge on any atom is 0.471 e. The molecule has 1 saturated heterocycles. The van der Waals surface area contributed by atoms with Gasteiger partial charge in [-0.2, -0.15) is 18.3 Å². The second kappa shape index (κ2) is 12.5. The maximum atomic E-state index is 12.9. The number of fused-ring (bicyclic) bond motifs is 1. The Morgan fingerprint density at radius 1 is 1.02 bits per heavy atom. The second-order valence-corrected chi connectivity index (χ2v) is 11.7. The predicted octanol–water partition coefficient (Wildman–Crippen LogP) is 4.38. The molecule has 2 fully saturated rings. The van der Waals surface area contributed by atoms with Crippen molar-refractivity contribution in [3.8, 4) is 0 Å². The molecule has 14 heteroatoms. The van der Waals surface area contributed by atoms with Crippen LogP contribution in [0.2, 0.25) is 0 Å². The van der Waals surface area contributed by atoms with Gasteiger partial charge in [-0.3, -0.25) is 14.4 Å². The van der Waals surface area contributed by atoms with E-state index in [1.807, 2.05) is 20.8 Å². The van der Waals surface area contributed by atoms with Gasteiger partial charge < -0.3 is 24.4 Å². The van der Waals surface area contributed by atoms with Crippen LogP contribution in [0.1, 0.15) is 62.9 Å². The summed E-state index contributed by atoms with van der Waals surface area (Å²) in [6.45, 7) is 7.81. The molecular formula is C28H38F3N5O6. The number of carbonyl (C=O) groups excluding carboxylic acids is 3. The minimum atomic E-state index is -5.12. The van der Waals surface area contributed by atoms with E-state index in [0.29, 0.717) is 43.2 Å². The zero-order valence-corrected chi connectivity index (χ0v) is 24.5. The number of aromatic nitrogens is 2. The van der Waals surface area contributed by atoms with Gasteiger partial charge in [-0.15, -0.1) is 0 Å². The van der Waals surface area contributed by atoms with Gasteiger partial charge in [-0.1, -0.05) is 0 Å². The molecule has 11 nitrogen and oxygen atoms in total. The predicted molar refractivity (Wildman–Crippen MR) is 147 cm³/mol. The van der Waals surface area contributed by atoms with Crippen LogP contribution in [-0.4, -0.2) is 102 Å². The second-order valence-electron chi connectivity index (χ2n) is 11.7. The molecule has 0 spiro atoms. The highest BCUT2D eigenvalue weighted by molar-refractivity contribution is 6.06. The molecule has 232 valence electrons. The number of anilines is 1. The van der Waals surface area contributed by atoms with Gasteiger partial charge >= 0.3 is 24.1 Å². The molecule has 4 rings (SSSR count). The molecule has 1 atom stereocenters. The van der Waals surface area contributed by atoms with Gasteiger partial charge in [-0.05, 0) is 58.6 Å². The first-order valence-electron chi connectivity index (χ1n) is 13.9. The zero-order chi connectivity index (χ0) is 30.8. The molecule has 0 bridgehead atoms. The fourth-order valence-corrected chi connectivity index (χ4v) is 5.69. The van der Waals surface area contributed by atoms with Crippen LogP contribution in [0.5, 0.6) is 0 Å². The standard InChI is InChI=1S/C28H38F3N5O6/c1-27(2,3)42-26(39)34-10-11-35(20(15-34)16-40-4)18-6-8-19(9-7-18)36-14-17-12-23(32-25(38)28(29,30)31)21(24(37)41-5)13-22(17)33-36/h12-14,18-20H,6-11,15-16H2,1-5H3,(H,32,38)/t18?,19?,20-/m1/s1. The summed E-state index contributed by atoms with van der Waals surface area (Å²) in [5.41, 5.74) is -0.679. The van der Waals surface area contributed by atoms with Gasteiger partial charge in [0.2, 0.25) is 0 Å². The summed E-state index contributed by atoms with van der Waals surface area (Å²) in [6.07, 6.45) is -0.331. The molecule has 2 amide bonds. The fourth-order valence-electron chi connectivity index (χ4n) is 5.69. The summed E-state index contributed by atoms with van der Waals surface area (Å²) < 4.78 is 56.2. The molecule has 1 saturated carbocycles. The van der Waals surface area contributed by atoms with Crippen molar-refractivity contribution < 1.29 is 41.8 Å². The van der Waals surface area contributed by atoms with Crippen LogP contribution >= 0.6 is 0 Å². The Balaban J connectivity index is 1.45. The van der Waals surface area contributed by atoms with E-state index in [9.17, 15) is 27.6 Å². The van der Waals surface area contributed by atoms with Gasteiger partial charge in [0.15, 0.2) is 0 Å². The number of esters is 1. The van der Waals surface area contributed by atoms with Crippen molar-refractivity contribution in [1.29, 1.82) is 0 Å². The number of nitrogens with one attached hydrogen (secondary N) is 1. The van der Waals surface area contributed by atoms with Crippen LogP contribution in [0.4, 0.5) is 23.7 Å². The lowest BCUT2D eigenvalue weighted by molar-refractivity contribution is -0.167. The summed E-state index contributed by atoms with van der Waals surface area (Å²) >= 11 is 0. The third kappa shape index (κ3) is 7.33. The van der Waals surface area contributed by atoms with Gasteiger partial charge in [-0.25, -0.2) is 9.59 Å². The van der Waals surface area contributed by atoms with Crippen LogP contribution in [0.3, 0.4) is 0 Å². The molecule has 1 N–H and O–H groups in total. The quantitative estimate of drug-likeness (QED) is 0.488. The van der Waals surface area contributed by atoms with Crippen LogP contribution < -0.4 is 5.32 Å². The Hall–Kier alpha value is -3.39. The Bertz CT molecular complexity index is 1300. The van der Waals surface area contributed by atoms with Crippen LogP contribution in [0.15, 0.2) is 18.3 Å². The summed E-state index contributed by atoms with van der Waals surface area (Å²) in [7, 11) is 2.75. The maximum absolute atomic E-state index is 12.9. The molecule has 1 aromatic carbocycles. The first kappa shape index (κ1) is 31.5. The molecule has 2 aliphatic rings. The lowest BCUT2D eigenvalue weighted by Crippen LogP contribution is -2.60. The van der Waals surface area contributed by atoms with Gasteiger partial charge in [0.25, 0.3) is 0 Å². The number of benzene rings is 1. The highest BCUT2D eigenvalue weighted by Crippen LogP contribution is 2.34. The molecule has 1 aliphatic carbocycles. The van der Waals surface area contributed by atoms with Crippen LogP contribution in [0.25, 0.3) is 10.9 Å². The van der Waals surface area contributed by atoms with Crippen LogP contribution in [0, 0.1) is 0 Å². The highest BCUT2D eigenvalue weighted by Gasteiger charge is 2.40. The van der Waals surface area contributed by atoms with E-state index in [1.165, 1.54) is 12.1 Å². The van der Waals surface area contributed by atoms with Crippen molar-refractivity contribution in [1.82, 2.24) is 19.6 Å². The monoisotopic (exact) mass is 597 g/mol. The molecule has 1 aliphatic heterocycles. The lowest BCUT2D eigenvalue weighted by Gasteiger charge is -2.46. The number of hydrogen-bond acceptors (Lipinski definition) is 8. The van der Waals surface area contributed by atoms with Crippen molar-refractivity contribution >= 4 is 34.6 Å². The van der Waals surface area contributed by atoms with Crippen LogP contribution in [-0.2, 0) is 19.0 Å². The first-order valence-corrected chi connectivity index (χ1v) is 13.9. The van der Waals surface area contributed by atoms with Crippen molar-refractivity contribution in [2.24, 2.45) is 0 Å². The summed E-state index contributed by atoms with van der Waals surface area (Å²) in [5.74, 6) is -3.07. The van der Waals surface area contributed by atoms with E-state index in [1.54, 1.807) is 28.2 Å². The molecule has 0 unspecified atom stereocenters. The third-order valence-corrected chi connectivity index (χ3v) is 7.62. The highest BCUT2D eigenvalue weighted by atomic mass is 19.4. The summed E-state index contributed by atoms with van der Waals surface area (Å²) in [4.78, 5) is 40.6. The number of halogens is 3. The Morgan fingerprint density at radius 3 is 2.29 bits per heavy atom. The Morgan fingerprint density at radius 2 is 1.69 bits per heavy atom.